The number of phenolic OH excluding ortho intramolecular Hbond substituents is 1. The van der Waals surface area contributed by atoms with Crippen molar-refractivity contribution in [1.82, 2.24) is 15.2 Å². The number of nitrogens with zero attached hydrogens (tertiary/aromatic N) is 3. The molecule has 1 amide bonds. The van der Waals surface area contributed by atoms with Crippen molar-refractivity contribution in [2.24, 2.45) is 23.7 Å². The summed E-state index contributed by atoms with van der Waals surface area (Å²) in [5, 5.41) is 37.2. The lowest BCUT2D eigenvalue weighted by Gasteiger charge is -2.39. The standard InChI is InChI=1S/C46H56N4O12/c1-23-13-12-14-24(2)45(58)48-35-36(50-20-18-49(19-21-50)31-15-10-11-17-47-31)41(56)32-33(40(35)55)39(54)28(6)43-34(32)44(57)46(8,62-43)60-22-16-30(59-9)25(3)42(61-29(7)51)27(5)38(53)26(4)37(23)52/h10-17,22-23,25-27,30,37-38,42,52-54H,18-21H2,1-9H3,(H,48,58). The Morgan fingerprint density at radius 1 is 0.903 bits per heavy atom. The Labute approximate surface area is 360 Å². The molecule has 0 spiro atoms. The number of Topliss-reactive ketones (excluding diaryl/α,β-unsaturated/α-hetero) is 3. The largest absolute Gasteiger partial charge is 0.507 e. The van der Waals surface area contributed by atoms with Crippen LogP contribution < -0.4 is 15.0 Å². The van der Waals surface area contributed by atoms with E-state index in [0.29, 0.717) is 13.1 Å². The Morgan fingerprint density at radius 2 is 1.58 bits per heavy atom. The predicted octanol–water partition coefficient (Wildman–Crippen LogP) is 4.18. The molecular weight excluding hydrogens is 801 g/mol. The van der Waals surface area contributed by atoms with Crippen molar-refractivity contribution in [1.29, 1.82) is 0 Å². The van der Waals surface area contributed by atoms with Gasteiger partial charge >= 0.3 is 11.8 Å². The molecule has 9 atom stereocenters. The highest BCUT2D eigenvalue weighted by molar-refractivity contribution is 6.32. The Hall–Kier alpha value is -5.84. The Balaban J connectivity index is 1.47. The van der Waals surface area contributed by atoms with Crippen LogP contribution in [0.5, 0.6) is 11.5 Å². The molecule has 1 aromatic carbocycles. The lowest BCUT2D eigenvalue weighted by atomic mass is 9.78. The number of rotatable bonds is 4. The number of hydrogen-bond acceptors (Lipinski definition) is 15. The number of piperazine rings is 1. The number of nitrogens with one attached hydrogen (secondary N) is 1. The number of aliphatic hydroxyl groups is 2. The van der Waals surface area contributed by atoms with E-state index in [1.165, 1.54) is 53.2 Å². The molecule has 5 bridgehead atoms. The molecule has 2 aromatic rings. The summed E-state index contributed by atoms with van der Waals surface area (Å²) < 4.78 is 23.6. The lowest BCUT2D eigenvalue weighted by molar-refractivity contribution is -0.160. The van der Waals surface area contributed by atoms with Crippen LogP contribution >= 0.6 is 0 Å². The molecule has 332 valence electrons. The molecule has 1 saturated heterocycles. The van der Waals surface area contributed by atoms with Gasteiger partial charge in [0.15, 0.2) is 0 Å². The number of amides is 1. The number of aliphatic hydroxyl groups excluding tert-OH is 2. The molecule has 5 aliphatic rings. The lowest BCUT2D eigenvalue weighted by Crippen LogP contribution is -2.50. The number of carbonyl (C=O) groups is 5. The molecule has 4 aliphatic heterocycles. The topological polar surface area (TPSA) is 214 Å². The summed E-state index contributed by atoms with van der Waals surface area (Å²) in [7, 11) is 1.43. The van der Waals surface area contributed by atoms with Gasteiger partial charge in [-0.25, -0.2) is 4.98 Å². The number of aromatic nitrogens is 1. The molecule has 1 aliphatic carbocycles. The van der Waals surface area contributed by atoms with Crippen LogP contribution in [0.2, 0.25) is 0 Å². The smallest absolute Gasteiger partial charge is 0.312 e. The van der Waals surface area contributed by atoms with Crippen LogP contribution in [0.3, 0.4) is 0 Å². The third-order valence-electron chi connectivity index (χ3n) is 12.5. The van der Waals surface area contributed by atoms with Gasteiger partial charge in [-0.15, -0.1) is 0 Å². The molecule has 1 fully saturated rings. The van der Waals surface area contributed by atoms with Gasteiger partial charge in [-0.1, -0.05) is 52.0 Å². The highest BCUT2D eigenvalue weighted by atomic mass is 16.7. The van der Waals surface area contributed by atoms with Crippen molar-refractivity contribution < 1.29 is 58.2 Å². The van der Waals surface area contributed by atoms with Gasteiger partial charge in [-0.05, 0) is 32.1 Å². The number of methoxy groups -OCH3 is 1. The van der Waals surface area contributed by atoms with E-state index in [9.17, 15) is 34.5 Å². The molecule has 9 unspecified atom stereocenters. The minimum Gasteiger partial charge on any atom is -0.507 e. The van der Waals surface area contributed by atoms with Gasteiger partial charge in [0, 0.05) is 88.1 Å². The Morgan fingerprint density at radius 3 is 2.21 bits per heavy atom. The average Bonchev–Trinajstić information content (AvgIpc) is 3.52. The first-order chi connectivity index (χ1) is 29.3. The fraction of sp³-hybridized carbons (Fsp3) is 0.478. The first-order valence-electron chi connectivity index (χ1n) is 20.8. The van der Waals surface area contributed by atoms with Crippen LogP contribution in [-0.2, 0) is 23.8 Å². The van der Waals surface area contributed by atoms with Crippen LogP contribution in [0.25, 0.3) is 0 Å². The van der Waals surface area contributed by atoms with Crippen LogP contribution in [0.4, 0.5) is 5.82 Å². The van der Waals surface area contributed by atoms with Crippen molar-refractivity contribution in [3.63, 3.8) is 0 Å². The van der Waals surface area contributed by atoms with E-state index in [0.717, 1.165) is 5.82 Å². The molecule has 62 heavy (non-hydrogen) atoms. The summed E-state index contributed by atoms with van der Waals surface area (Å²) in [5.74, 6) is -8.42. The second-order valence-electron chi connectivity index (χ2n) is 16.7. The number of phenols is 1. The average molecular weight is 857 g/mol. The highest BCUT2D eigenvalue weighted by Crippen LogP contribution is 2.49. The van der Waals surface area contributed by atoms with E-state index in [2.05, 4.69) is 10.3 Å². The molecule has 4 N–H and O–H groups in total. The van der Waals surface area contributed by atoms with Gasteiger partial charge in [0.05, 0.1) is 41.3 Å². The molecule has 16 heteroatoms. The zero-order valence-electron chi connectivity index (χ0n) is 36.5. The molecule has 0 saturated carbocycles. The first-order valence-corrected chi connectivity index (χ1v) is 20.8. The van der Waals surface area contributed by atoms with Gasteiger partial charge in [-0.3, -0.25) is 24.0 Å². The number of allylic oxidation sites excluding steroid dienone is 4. The number of pyridine rings is 1. The summed E-state index contributed by atoms with van der Waals surface area (Å²) in [6, 6.07) is 5.53. The Kier molecular flexibility index (Phi) is 13.4. The van der Waals surface area contributed by atoms with E-state index in [1.54, 1.807) is 57.0 Å². The summed E-state index contributed by atoms with van der Waals surface area (Å²) in [4.78, 5) is 78.6. The number of fused-ring (bicyclic) bond motifs is 14. The predicted molar refractivity (Wildman–Crippen MR) is 226 cm³/mol. The molecule has 7 rings (SSSR count). The maximum absolute atomic E-state index is 15.0. The maximum Gasteiger partial charge on any atom is 0.312 e. The molecule has 5 heterocycles. The van der Waals surface area contributed by atoms with Crippen LogP contribution in [0.1, 0.15) is 85.1 Å². The molecule has 0 radical (unpaired) electrons. The zero-order valence-corrected chi connectivity index (χ0v) is 36.5. The summed E-state index contributed by atoms with van der Waals surface area (Å²) in [5.41, 5.74) is -1.46. The normalized spacial score (nSPS) is 29.9. The summed E-state index contributed by atoms with van der Waals surface area (Å²) >= 11 is 0. The third kappa shape index (κ3) is 8.50. The fourth-order valence-electron chi connectivity index (χ4n) is 8.68. The van der Waals surface area contributed by atoms with Crippen molar-refractivity contribution in [2.75, 3.05) is 38.2 Å². The van der Waals surface area contributed by atoms with E-state index in [1.807, 2.05) is 17.0 Å². The number of carbonyl (C=O) groups excluding carboxylic acids is 5. The number of hydrogen-bond donors (Lipinski definition) is 4. The van der Waals surface area contributed by atoms with Gasteiger partial charge in [0.25, 0.3) is 11.7 Å². The van der Waals surface area contributed by atoms with Gasteiger partial charge in [0.1, 0.15) is 34.8 Å². The number of ether oxygens (including phenoxy) is 4. The SMILES string of the molecule is COC1C=COC2(C)Oc3c(C)c(O)c4c(c3C2=O)C(=O)C(N2CCN(c3ccccn3)CC2)=C(NC(=O)C(C)=CC=CC(C)C(O)C(C)C(O)C(C)C(OC(C)=O)C1C)C4=O. The zero-order chi connectivity index (χ0) is 45.4. The quantitative estimate of drug-likeness (QED) is 0.318. The number of anilines is 1. The first kappa shape index (κ1) is 45.7. The molecule has 16 nitrogen and oxygen atoms in total. The highest BCUT2D eigenvalue weighted by Gasteiger charge is 2.53. The van der Waals surface area contributed by atoms with Gasteiger partial charge in [-0.2, -0.15) is 0 Å². The second kappa shape index (κ2) is 18.2. The van der Waals surface area contributed by atoms with Gasteiger partial charge in [0.2, 0.25) is 11.6 Å². The van der Waals surface area contributed by atoms with Gasteiger partial charge < -0.3 is 49.4 Å². The van der Waals surface area contributed by atoms with E-state index < -0.39 is 94.4 Å². The minimum atomic E-state index is -2.09. The van der Waals surface area contributed by atoms with Crippen molar-refractivity contribution >= 4 is 35.0 Å². The monoisotopic (exact) mass is 856 g/mol. The number of ketones is 3. The fourth-order valence-corrected chi connectivity index (χ4v) is 8.68. The van der Waals surface area contributed by atoms with Crippen LogP contribution in [0.15, 0.2) is 71.9 Å². The van der Waals surface area contributed by atoms with E-state index >= 15 is 4.79 Å². The third-order valence-corrected chi connectivity index (χ3v) is 12.5. The molecule has 1 aromatic heterocycles. The van der Waals surface area contributed by atoms with Crippen molar-refractivity contribution in [3.05, 3.63) is 94.2 Å². The number of benzene rings is 1. The minimum absolute atomic E-state index is 0.0000801. The van der Waals surface area contributed by atoms with Crippen molar-refractivity contribution in [3.8, 4) is 11.5 Å². The van der Waals surface area contributed by atoms with Crippen molar-refractivity contribution in [2.45, 2.75) is 85.6 Å². The van der Waals surface area contributed by atoms with E-state index in [-0.39, 0.29) is 52.5 Å². The number of aromatic hydroxyl groups is 1. The number of esters is 1. The second-order valence-corrected chi connectivity index (χ2v) is 16.7. The Bertz CT molecular complexity index is 2240. The maximum atomic E-state index is 15.0. The van der Waals surface area contributed by atoms with E-state index in [4.69, 9.17) is 18.9 Å². The summed E-state index contributed by atoms with van der Waals surface area (Å²) in [6.45, 7) is 13.7. The van der Waals surface area contributed by atoms with Crippen LogP contribution in [-0.4, -0.2) is 118 Å². The molecular formula is C46H56N4O12. The van der Waals surface area contributed by atoms with Crippen LogP contribution in [0, 0.1) is 30.6 Å². The summed E-state index contributed by atoms with van der Waals surface area (Å²) in [6.07, 6.45) is 5.12.